The zero-order valence-electron chi connectivity index (χ0n) is 8.05. The quantitative estimate of drug-likeness (QED) is 0.749. The van der Waals surface area contributed by atoms with Gasteiger partial charge >= 0.3 is 6.55 Å². The van der Waals surface area contributed by atoms with E-state index in [4.69, 9.17) is 0 Å². The maximum absolute atomic E-state index is 12.5. The van der Waals surface area contributed by atoms with Crippen LogP contribution in [0.1, 0.15) is 17.0 Å². The number of hydrogen-bond acceptors (Lipinski definition) is 3. The molecule has 2 heterocycles. The minimum Gasteiger partial charge on any atom is -0.296 e. The van der Waals surface area contributed by atoms with Crippen molar-refractivity contribution < 1.29 is 13.6 Å². The summed E-state index contributed by atoms with van der Waals surface area (Å²) in [4.78, 5) is 14.4. The van der Waals surface area contributed by atoms with E-state index in [0.717, 1.165) is 0 Å². The highest BCUT2D eigenvalue weighted by Crippen LogP contribution is 2.20. The lowest BCUT2D eigenvalue weighted by Gasteiger charge is -1.99. The zero-order valence-corrected chi connectivity index (χ0v) is 8.05. The van der Waals surface area contributed by atoms with E-state index in [0.29, 0.717) is 22.2 Å². The molecule has 82 valence electrons. The number of halogens is 2. The van der Waals surface area contributed by atoms with Crippen LogP contribution >= 0.6 is 0 Å². The average molecular weight is 223 g/mol. The number of pyridine rings is 1. The second kappa shape index (κ2) is 4.18. The molecule has 0 atom stereocenters. The van der Waals surface area contributed by atoms with Crippen molar-refractivity contribution >= 4 is 6.29 Å². The predicted molar refractivity (Wildman–Crippen MR) is 52.1 cm³/mol. The van der Waals surface area contributed by atoms with Gasteiger partial charge in [0.05, 0.1) is 5.69 Å². The van der Waals surface area contributed by atoms with E-state index in [1.54, 1.807) is 12.1 Å². The van der Waals surface area contributed by atoms with Gasteiger partial charge in [-0.15, -0.1) is 0 Å². The summed E-state index contributed by atoms with van der Waals surface area (Å²) >= 11 is 0. The van der Waals surface area contributed by atoms with Crippen molar-refractivity contribution in [1.29, 1.82) is 0 Å². The van der Waals surface area contributed by atoms with Crippen LogP contribution in [0.25, 0.3) is 11.3 Å². The third-order valence-electron chi connectivity index (χ3n) is 2.05. The van der Waals surface area contributed by atoms with E-state index in [2.05, 4.69) is 10.1 Å². The molecular weight excluding hydrogens is 216 g/mol. The summed E-state index contributed by atoms with van der Waals surface area (Å²) in [5, 5.41) is 3.66. The second-order valence-electron chi connectivity index (χ2n) is 3.03. The summed E-state index contributed by atoms with van der Waals surface area (Å²) in [6, 6.07) is 4.58. The van der Waals surface area contributed by atoms with Crippen molar-refractivity contribution in [3.8, 4) is 11.3 Å². The molecule has 0 radical (unpaired) electrons. The number of aromatic nitrogens is 3. The number of nitrogens with zero attached hydrogens (tertiary/aromatic N) is 3. The first-order valence-electron chi connectivity index (χ1n) is 4.45. The van der Waals surface area contributed by atoms with E-state index < -0.39 is 6.55 Å². The number of alkyl halides is 2. The maximum Gasteiger partial charge on any atom is 0.333 e. The molecule has 0 saturated heterocycles. The van der Waals surface area contributed by atoms with Gasteiger partial charge in [-0.25, -0.2) is 4.68 Å². The normalized spacial score (nSPS) is 10.7. The number of carbonyl (C=O) groups excluding carboxylic acids is 1. The molecule has 0 saturated carbocycles. The van der Waals surface area contributed by atoms with E-state index in [-0.39, 0.29) is 5.69 Å². The van der Waals surface area contributed by atoms with Gasteiger partial charge in [-0.05, 0) is 18.2 Å². The van der Waals surface area contributed by atoms with Crippen LogP contribution < -0.4 is 0 Å². The minimum absolute atomic E-state index is 0.151. The predicted octanol–water partition coefficient (Wildman–Crippen LogP) is 2.15. The van der Waals surface area contributed by atoms with Gasteiger partial charge in [-0.3, -0.25) is 9.78 Å². The van der Waals surface area contributed by atoms with Crippen molar-refractivity contribution in [3.63, 3.8) is 0 Å². The monoisotopic (exact) mass is 223 g/mol. The summed E-state index contributed by atoms with van der Waals surface area (Å²) in [5.41, 5.74) is 0.809. The van der Waals surface area contributed by atoms with Gasteiger partial charge in [0.15, 0.2) is 6.29 Å². The fourth-order valence-corrected chi connectivity index (χ4v) is 1.32. The van der Waals surface area contributed by atoms with Crippen LogP contribution in [0.5, 0.6) is 0 Å². The van der Waals surface area contributed by atoms with Crippen LogP contribution in [0.15, 0.2) is 30.6 Å². The Labute approximate surface area is 89.5 Å². The van der Waals surface area contributed by atoms with Gasteiger partial charge in [-0.2, -0.15) is 13.9 Å². The second-order valence-corrected chi connectivity index (χ2v) is 3.03. The number of hydrogen-bond donors (Lipinski definition) is 0. The Morgan fingerprint density at radius 2 is 2.00 bits per heavy atom. The topological polar surface area (TPSA) is 47.8 Å². The van der Waals surface area contributed by atoms with Crippen molar-refractivity contribution in [2.75, 3.05) is 0 Å². The molecular formula is C10H7F2N3O. The summed E-state index contributed by atoms with van der Waals surface area (Å²) < 4.78 is 25.3. The molecule has 2 aromatic rings. The highest BCUT2D eigenvalue weighted by molar-refractivity contribution is 5.75. The summed E-state index contributed by atoms with van der Waals surface area (Å²) in [7, 11) is 0. The highest BCUT2D eigenvalue weighted by Gasteiger charge is 2.15. The maximum atomic E-state index is 12.5. The van der Waals surface area contributed by atoms with Crippen LogP contribution in [-0.2, 0) is 0 Å². The van der Waals surface area contributed by atoms with Gasteiger partial charge in [0.25, 0.3) is 0 Å². The summed E-state index contributed by atoms with van der Waals surface area (Å²) in [6.45, 7) is -2.82. The average Bonchev–Trinajstić information content (AvgIpc) is 2.74. The van der Waals surface area contributed by atoms with Crippen molar-refractivity contribution in [2.45, 2.75) is 6.55 Å². The minimum atomic E-state index is -2.82. The van der Waals surface area contributed by atoms with Crippen LogP contribution in [0, 0.1) is 0 Å². The molecule has 2 aromatic heterocycles. The number of aldehydes is 1. The van der Waals surface area contributed by atoms with Crippen molar-refractivity contribution in [1.82, 2.24) is 14.8 Å². The Morgan fingerprint density at radius 1 is 1.31 bits per heavy atom. The lowest BCUT2D eigenvalue weighted by molar-refractivity contribution is 0.0535. The first kappa shape index (κ1) is 10.4. The molecule has 0 unspecified atom stereocenters. The SMILES string of the molecule is O=Cc1cc(-c2ccncc2)nn1C(F)F. The molecule has 6 heteroatoms. The van der Waals surface area contributed by atoms with Gasteiger partial charge in [0.1, 0.15) is 5.69 Å². The third kappa shape index (κ3) is 1.81. The molecule has 16 heavy (non-hydrogen) atoms. The summed E-state index contributed by atoms with van der Waals surface area (Å²) in [5.74, 6) is 0. The smallest absolute Gasteiger partial charge is 0.296 e. The van der Waals surface area contributed by atoms with Crippen LogP contribution in [0.4, 0.5) is 8.78 Å². The molecule has 0 bridgehead atoms. The molecule has 0 amide bonds. The van der Waals surface area contributed by atoms with Gasteiger partial charge < -0.3 is 0 Å². The molecule has 2 rings (SSSR count). The first-order valence-corrected chi connectivity index (χ1v) is 4.45. The fourth-order valence-electron chi connectivity index (χ4n) is 1.32. The standard InChI is InChI=1S/C10H7F2N3O/c11-10(12)15-8(6-16)5-9(14-15)7-1-3-13-4-2-7/h1-6,10H. The summed E-state index contributed by atoms with van der Waals surface area (Å²) in [6.07, 6.45) is 3.40. The molecule has 0 spiro atoms. The first-order chi connectivity index (χ1) is 7.72. The molecule has 0 aliphatic heterocycles. The van der Waals surface area contributed by atoms with Crippen molar-refractivity contribution in [3.05, 3.63) is 36.3 Å². The molecule has 0 aliphatic rings. The Balaban J connectivity index is 2.48. The number of rotatable bonds is 3. The van der Waals surface area contributed by atoms with E-state index in [9.17, 15) is 13.6 Å². The van der Waals surface area contributed by atoms with Crippen LogP contribution in [0.3, 0.4) is 0 Å². The number of carbonyl (C=O) groups is 1. The van der Waals surface area contributed by atoms with E-state index in [1.807, 2.05) is 0 Å². The Kier molecular flexibility index (Phi) is 2.72. The Morgan fingerprint density at radius 3 is 2.50 bits per heavy atom. The van der Waals surface area contributed by atoms with Gasteiger partial charge in [-0.1, -0.05) is 0 Å². The largest absolute Gasteiger partial charge is 0.333 e. The Bertz CT molecular complexity index is 496. The van der Waals surface area contributed by atoms with Crippen molar-refractivity contribution in [2.24, 2.45) is 0 Å². The van der Waals surface area contributed by atoms with Gasteiger partial charge in [0, 0.05) is 18.0 Å². The fraction of sp³-hybridized carbons (Fsp3) is 0.100. The molecule has 4 nitrogen and oxygen atoms in total. The molecule has 0 fully saturated rings. The zero-order chi connectivity index (χ0) is 11.5. The molecule has 0 N–H and O–H groups in total. The lowest BCUT2D eigenvalue weighted by atomic mass is 10.2. The van der Waals surface area contributed by atoms with E-state index >= 15 is 0 Å². The third-order valence-corrected chi connectivity index (χ3v) is 2.05. The highest BCUT2D eigenvalue weighted by atomic mass is 19.3. The molecule has 0 aromatic carbocycles. The Hall–Kier alpha value is -2.11. The van der Waals surface area contributed by atoms with Crippen LogP contribution in [0.2, 0.25) is 0 Å². The molecule has 0 aliphatic carbocycles. The van der Waals surface area contributed by atoms with E-state index in [1.165, 1.54) is 18.5 Å². The lowest BCUT2D eigenvalue weighted by Crippen LogP contribution is -2.04. The van der Waals surface area contributed by atoms with Crippen LogP contribution in [-0.4, -0.2) is 21.1 Å². The van der Waals surface area contributed by atoms with Gasteiger partial charge in [0.2, 0.25) is 0 Å².